The molecule has 0 fully saturated rings. The Hall–Kier alpha value is -1.54. The first kappa shape index (κ1) is 18.8. The monoisotopic (exact) mass is 407 g/mol. The predicted octanol–water partition coefficient (Wildman–Crippen LogP) is 3.58. The Labute approximate surface area is 155 Å². The van der Waals surface area contributed by atoms with E-state index in [2.05, 4.69) is 12.1 Å². The standard InChI is InChI=1S/C20H22ClNOSe/c1-22(16-17-9-4-2-5-10-17)20(23)15-19(13-8-14-21)24-18-11-6-3-7-12-18/h2-7,9-12,15H,8,13-14,16H2,1H3/b19-15-. The minimum atomic E-state index is 0.0567. The molecule has 2 rings (SSSR count). The number of alkyl halides is 1. The van der Waals surface area contributed by atoms with Crippen LogP contribution in [-0.2, 0) is 11.3 Å². The summed E-state index contributed by atoms with van der Waals surface area (Å²) >= 11 is 6.00. The van der Waals surface area contributed by atoms with Gasteiger partial charge in [0, 0.05) is 0 Å². The number of carbonyl (C=O) groups excluding carboxylic acids is 1. The Kier molecular flexibility index (Phi) is 8.10. The van der Waals surface area contributed by atoms with Crippen molar-refractivity contribution in [1.82, 2.24) is 4.90 Å². The Balaban J connectivity index is 2.04. The molecule has 0 radical (unpaired) electrons. The van der Waals surface area contributed by atoms with Gasteiger partial charge in [-0.05, 0) is 0 Å². The van der Waals surface area contributed by atoms with Crippen LogP contribution in [-0.4, -0.2) is 38.7 Å². The van der Waals surface area contributed by atoms with Gasteiger partial charge in [0.1, 0.15) is 0 Å². The Morgan fingerprint density at radius 3 is 2.33 bits per heavy atom. The number of hydrogen-bond acceptors (Lipinski definition) is 1. The number of amides is 1. The molecule has 126 valence electrons. The Morgan fingerprint density at radius 1 is 1.08 bits per heavy atom. The van der Waals surface area contributed by atoms with Crippen LogP contribution in [0.1, 0.15) is 18.4 Å². The van der Waals surface area contributed by atoms with E-state index >= 15 is 0 Å². The molecule has 0 aliphatic heterocycles. The summed E-state index contributed by atoms with van der Waals surface area (Å²) in [6.07, 6.45) is 3.59. The molecular weight excluding hydrogens is 385 g/mol. The third-order valence-electron chi connectivity index (χ3n) is 3.47. The number of halogens is 1. The van der Waals surface area contributed by atoms with E-state index in [1.165, 1.54) is 8.93 Å². The molecule has 0 N–H and O–H groups in total. The summed E-state index contributed by atoms with van der Waals surface area (Å²) in [4.78, 5) is 14.3. The molecule has 1 amide bonds. The van der Waals surface area contributed by atoms with Crippen molar-refractivity contribution in [2.24, 2.45) is 0 Å². The third kappa shape index (κ3) is 6.52. The van der Waals surface area contributed by atoms with Gasteiger partial charge in [0.15, 0.2) is 0 Å². The summed E-state index contributed by atoms with van der Waals surface area (Å²) in [7, 11) is 1.85. The van der Waals surface area contributed by atoms with E-state index in [4.69, 9.17) is 11.6 Å². The zero-order chi connectivity index (χ0) is 17.2. The van der Waals surface area contributed by atoms with Crippen LogP contribution in [0.2, 0.25) is 0 Å². The van der Waals surface area contributed by atoms with Gasteiger partial charge < -0.3 is 0 Å². The van der Waals surface area contributed by atoms with E-state index in [0.29, 0.717) is 12.4 Å². The molecule has 4 heteroatoms. The quantitative estimate of drug-likeness (QED) is 0.373. The van der Waals surface area contributed by atoms with E-state index in [1.54, 1.807) is 4.90 Å². The van der Waals surface area contributed by atoms with Gasteiger partial charge in [-0.25, -0.2) is 0 Å². The molecule has 0 atom stereocenters. The first-order valence-electron chi connectivity index (χ1n) is 7.97. The number of nitrogens with zero attached hydrogens (tertiary/aromatic N) is 1. The van der Waals surface area contributed by atoms with Crippen molar-refractivity contribution in [2.75, 3.05) is 12.9 Å². The third-order valence-corrected chi connectivity index (χ3v) is 6.03. The summed E-state index contributed by atoms with van der Waals surface area (Å²) in [5.41, 5.74) is 1.14. The number of allylic oxidation sites excluding steroid dienone is 1. The van der Waals surface area contributed by atoms with Crippen molar-refractivity contribution in [2.45, 2.75) is 19.4 Å². The molecule has 2 aromatic rings. The number of carbonyl (C=O) groups is 1. The van der Waals surface area contributed by atoms with Crippen LogP contribution in [0.15, 0.2) is 71.2 Å². The summed E-state index contributed by atoms with van der Waals surface area (Å²) in [5, 5.41) is 0. The van der Waals surface area contributed by atoms with Crippen molar-refractivity contribution in [1.29, 1.82) is 0 Å². The van der Waals surface area contributed by atoms with Crippen LogP contribution < -0.4 is 4.46 Å². The van der Waals surface area contributed by atoms with Crippen molar-refractivity contribution in [3.63, 3.8) is 0 Å². The molecule has 0 aliphatic rings. The second-order valence-electron chi connectivity index (χ2n) is 5.50. The van der Waals surface area contributed by atoms with Crippen molar-refractivity contribution >= 4 is 36.9 Å². The predicted molar refractivity (Wildman–Crippen MR) is 103 cm³/mol. The van der Waals surface area contributed by atoms with Crippen molar-refractivity contribution in [3.05, 3.63) is 76.8 Å². The van der Waals surface area contributed by atoms with Gasteiger partial charge in [-0.3, -0.25) is 0 Å². The fourth-order valence-electron chi connectivity index (χ4n) is 2.22. The van der Waals surface area contributed by atoms with Gasteiger partial charge in [0.05, 0.1) is 0 Å². The molecule has 0 unspecified atom stereocenters. The summed E-state index contributed by atoms with van der Waals surface area (Å²) in [6, 6.07) is 20.4. The van der Waals surface area contributed by atoms with E-state index in [1.807, 2.05) is 61.7 Å². The van der Waals surface area contributed by atoms with Crippen LogP contribution >= 0.6 is 11.6 Å². The molecule has 2 nitrogen and oxygen atoms in total. The molecule has 0 saturated heterocycles. The molecule has 0 heterocycles. The van der Waals surface area contributed by atoms with E-state index < -0.39 is 0 Å². The maximum atomic E-state index is 12.5. The molecule has 2 aromatic carbocycles. The molecule has 0 bridgehead atoms. The zero-order valence-electron chi connectivity index (χ0n) is 13.8. The van der Waals surface area contributed by atoms with Crippen LogP contribution in [0.25, 0.3) is 0 Å². The van der Waals surface area contributed by atoms with E-state index in [9.17, 15) is 4.79 Å². The van der Waals surface area contributed by atoms with Crippen LogP contribution in [0.4, 0.5) is 0 Å². The number of hydrogen-bond donors (Lipinski definition) is 0. The Bertz CT molecular complexity index is 658. The van der Waals surface area contributed by atoms with Crippen LogP contribution in [0.3, 0.4) is 0 Å². The molecule has 0 aliphatic carbocycles. The average Bonchev–Trinajstić information content (AvgIpc) is 2.61. The average molecular weight is 407 g/mol. The van der Waals surface area contributed by atoms with Gasteiger partial charge in [-0.15, -0.1) is 0 Å². The van der Waals surface area contributed by atoms with Crippen molar-refractivity contribution in [3.8, 4) is 0 Å². The van der Waals surface area contributed by atoms with E-state index in [-0.39, 0.29) is 20.9 Å². The normalized spacial score (nSPS) is 11.3. The minimum absolute atomic E-state index is 0.0567. The van der Waals surface area contributed by atoms with Gasteiger partial charge in [-0.2, -0.15) is 0 Å². The fraction of sp³-hybridized carbons (Fsp3) is 0.250. The van der Waals surface area contributed by atoms with Crippen molar-refractivity contribution < 1.29 is 4.79 Å². The topological polar surface area (TPSA) is 20.3 Å². The molecular formula is C20H22ClNOSe. The van der Waals surface area contributed by atoms with E-state index in [0.717, 1.165) is 18.4 Å². The molecule has 0 aromatic heterocycles. The molecule has 24 heavy (non-hydrogen) atoms. The number of likely N-dealkylation sites (N-methyl/N-ethyl adjacent to an activating group) is 1. The van der Waals surface area contributed by atoms with Gasteiger partial charge in [0.25, 0.3) is 0 Å². The first-order valence-corrected chi connectivity index (χ1v) is 10.2. The zero-order valence-corrected chi connectivity index (χ0v) is 16.3. The maximum absolute atomic E-state index is 12.5. The fourth-order valence-corrected chi connectivity index (χ4v) is 4.45. The Morgan fingerprint density at radius 2 is 1.71 bits per heavy atom. The van der Waals surface area contributed by atoms with Gasteiger partial charge in [0.2, 0.25) is 0 Å². The molecule has 0 saturated carbocycles. The summed E-state index contributed by atoms with van der Waals surface area (Å²) in [5.74, 6) is 0.678. The first-order chi connectivity index (χ1) is 11.7. The molecule has 0 spiro atoms. The summed E-state index contributed by atoms with van der Waals surface area (Å²) in [6.45, 7) is 0.622. The SMILES string of the molecule is CN(Cc1ccccc1)C(=O)/C=C(/CCCCl)[Se]c1ccccc1. The summed E-state index contributed by atoms with van der Waals surface area (Å²) < 4.78 is 2.48. The second-order valence-corrected chi connectivity index (χ2v) is 8.39. The number of rotatable bonds is 8. The number of benzene rings is 2. The van der Waals surface area contributed by atoms with Gasteiger partial charge in [-0.1, -0.05) is 0 Å². The van der Waals surface area contributed by atoms with Gasteiger partial charge >= 0.3 is 156 Å². The van der Waals surface area contributed by atoms with Crippen LogP contribution in [0, 0.1) is 0 Å². The van der Waals surface area contributed by atoms with Crippen LogP contribution in [0.5, 0.6) is 0 Å². The second kappa shape index (κ2) is 10.4.